The van der Waals surface area contributed by atoms with Gasteiger partial charge in [0, 0.05) is 12.8 Å². The van der Waals surface area contributed by atoms with Crippen molar-refractivity contribution in [2.75, 3.05) is 0 Å². The van der Waals surface area contributed by atoms with Gasteiger partial charge in [0.05, 0.1) is 0 Å². The van der Waals surface area contributed by atoms with Crippen LogP contribution in [0.2, 0.25) is 0 Å². The van der Waals surface area contributed by atoms with Crippen molar-refractivity contribution in [2.45, 2.75) is 45.4 Å². The second-order valence-corrected chi connectivity index (χ2v) is 5.01. The summed E-state index contributed by atoms with van der Waals surface area (Å²) in [5, 5.41) is 0. The maximum Gasteiger partial charge on any atom is 0.133 e. The molecule has 1 heteroatoms. The van der Waals surface area contributed by atoms with Gasteiger partial charge in [-0.2, -0.15) is 0 Å². The molecule has 0 aromatic carbocycles. The number of hydrogen-bond acceptors (Lipinski definition) is 1. The molecule has 2 aliphatic rings. The minimum atomic E-state index is 0.406. The highest BCUT2D eigenvalue weighted by atomic mass is 16.1. The molecule has 0 radical (unpaired) electrons. The summed E-state index contributed by atoms with van der Waals surface area (Å²) in [5.41, 5.74) is 4.23. The molecule has 0 fully saturated rings. The number of rotatable bonds is 6. The molecule has 1 nitrogen and oxygen atoms in total. The highest BCUT2D eigenvalue weighted by Crippen LogP contribution is 2.23. The highest BCUT2D eigenvalue weighted by molar-refractivity contribution is 5.79. The van der Waals surface area contributed by atoms with Crippen LogP contribution < -0.4 is 0 Å². The van der Waals surface area contributed by atoms with E-state index >= 15 is 0 Å². The molecule has 0 spiro atoms. The van der Waals surface area contributed by atoms with E-state index in [0.29, 0.717) is 18.6 Å². The predicted molar refractivity (Wildman–Crippen MR) is 71.8 cm³/mol. The molecule has 0 amide bonds. The summed E-state index contributed by atoms with van der Waals surface area (Å²) in [6.45, 7) is 2.14. The first kappa shape index (κ1) is 12.1. The minimum Gasteiger partial charge on any atom is -0.300 e. The molecule has 0 aromatic heterocycles. The van der Waals surface area contributed by atoms with Gasteiger partial charge >= 0.3 is 0 Å². The smallest absolute Gasteiger partial charge is 0.133 e. The number of Topliss-reactive ketones (excluding diaryl/α,β-unsaturated/α-hetero) is 1. The zero-order valence-electron chi connectivity index (χ0n) is 10.5. The fourth-order valence-electron chi connectivity index (χ4n) is 2.31. The van der Waals surface area contributed by atoms with Crippen molar-refractivity contribution in [1.29, 1.82) is 0 Å². The van der Waals surface area contributed by atoms with E-state index in [1.165, 1.54) is 16.7 Å². The van der Waals surface area contributed by atoms with Gasteiger partial charge in [0.2, 0.25) is 0 Å². The van der Waals surface area contributed by atoms with Crippen molar-refractivity contribution < 1.29 is 4.79 Å². The Bertz CT molecular complexity index is 419. The Morgan fingerprint density at radius 2 is 1.88 bits per heavy atom. The topological polar surface area (TPSA) is 17.1 Å². The fraction of sp³-hybridized carbons (Fsp3) is 0.438. The molecule has 0 heterocycles. The molecule has 90 valence electrons. The fourth-order valence-corrected chi connectivity index (χ4v) is 2.31. The molecule has 0 saturated heterocycles. The number of hydrogen-bond donors (Lipinski definition) is 0. The van der Waals surface area contributed by atoms with E-state index in [-0.39, 0.29) is 0 Å². The van der Waals surface area contributed by atoms with Crippen molar-refractivity contribution in [3.8, 4) is 0 Å². The molecule has 17 heavy (non-hydrogen) atoms. The van der Waals surface area contributed by atoms with E-state index in [2.05, 4.69) is 37.3 Å². The SMILES string of the molecule is CC1=CC=C(CCC(=O)CCC2=CC=CC2)C1. The second-order valence-electron chi connectivity index (χ2n) is 5.01. The predicted octanol–water partition coefficient (Wildman–Crippen LogP) is 4.28. The first-order chi connectivity index (χ1) is 8.24. The standard InChI is InChI=1S/C16H20O/c1-13-6-7-15(12-13)9-11-16(17)10-8-14-4-2-3-5-14/h2-4,6-7H,5,8-12H2,1H3. The van der Waals surface area contributed by atoms with E-state index in [0.717, 1.165) is 25.7 Å². The van der Waals surface area contributed by atoms with Crippen LogP contribution in [0, 0.1) is 0 Å². The van der Waals surface area contributed by atoms with E-state index in [9.17, 15) is 4.79 Å². The molecule has 0 saturated carbocycles. The van der Waals surface area contributed by atoms with Crippen molar-refractivity contribution in [3.63, 3.8) is 0 Å². The first-order valence-electron chi connectivity index (χ1n) is 6.45. The zero-order chi connectivity index (χ0) is 12.1. The van der Waals surface area contributed by atoms with Crippen LogP contribution in [0.3, 0.4) is 0 Å². The molecule has 0 aliphatic heterocycles. The Hall–Kier alpha value is -1.37. The number of allylic oxidation sites excluding steroid dienone is 8. The first-order valence-corrected chi connectivity index (χ1v) is 6.45. The normalized spacial score (nSPS) is 18.1. The van der Waals surface area contributed by atoms with Gasteiger partial charge in [-0.1, -0.05) is 47.1 Å². The maximum absolute atomic E-state index is 11.7. The van der Waals surface area contributed by atoms with Crippen molar-refractivity contribution in [2.24, 2.45) is 0 Å². The quantitative estimate of drug-likeness (QED) is 0.663. The second kappa shape index (κ2) is 5.81. The molecule has 0 unspecified atom stereocenters. The Labute approximate surface area is 104 Å². The van der Waals surface area contributed by atoms with Gasteiger partial charge in [-0.3, -0.25) is 4.79 Å². The van der Waals surface area contributed by atoms with Crippen LogP contribution in [0.15, 0.2) is 47.1 Å². The summed E-state index contributed by atoms with van der Waals surface area (Å²) in [4.78, 5) is 11.7. The van der Waals surface area contributed by atoms with Crippen LogP contribution in [0.4, 0.5) is 0 Å². The average Bonchev–Trinajstić information content (AvgIpc) is 2.95. The van der Waals surface area contributed by atoms with Crippen LogP contribution >= 0.6 is 0 Å². The third-order valence-corrected chi connectivity index (χ3v) is 3.41. The van der Waals surface area contributed by atoms with Crippen LogP contribution in [-0.2, 0) is 4.79 Å². The van der Waals surface area contributed by atoms with E-state index in [1.807, 2.05) is 0 Å². The summed E-state index contributed by atoms with van der Waals surface area (Å²) < 4.78 is 0. The summed E-state index contributed by atoms with van der Waals surface area (Å²) in [7, 11) is 0. The minimum absolute atomic E-state index is 0.406. The molecule has 2 rings (SSSR count). The molecule has 0 bridgehead atoms. The van der Waals surface area contributed by atoms with Crippen LogP contribution in [0.25, 0.3) is 0 Å². The van der Waals surface area contributed by atoms with Crippen LogP contribution in [0.5, 0.6) is 0 Å². The number of carbonyl (C=O) groups excluding carboxylic acids is 1. The summed E-state index contributed by atoms with van der Waals surface area (Å²) in [6, 6.07) is 0. The molecule has 2 aliphatic carbocycles. The average molecular weight is 228 g/mol. The molecule has 0 atom stereocenters. The monoisotopic (exact) mass is 228 g/mol. The lowest BCUT2D eigenvalue weighted by Gasteiger charge is -2.04. The lowest BCUT2D eigenvalue weighted by Crippen LogP contribution is -1.99. The van der Waals surface area contributed by atoms with Crippen molar-refractivity contribution >= 4 is 5.78 Å². The van der Waals surface area contributed by atoms with Crippen molar-refractivity contribution in [3.05, 3.63) is 47.1 Å². The molecule has 0 N–H and O–H groups in total. The molecule has 0 aromatic rings. The third-order valence-electron chi connectivity index (χ3n) is 3.41. The van der Waals surface area contributed by atoms with Gasteiger partial charge in [0.25, 0.3) is 0 Å². The Balaban J connectivity index is 1.61. The highest BCUT2D eigenvalue weighted by Gasteiger charge is 2.09. The van der Waals surface area contributed by atoms with Gasteiger partial charge in [-0.05, 0) is 32.6 Å². The Morgan fingerprint density at radius 3 is 2.47 bits per heavy atom. The molecular weight excluding hydrogens is 208 g/mol. The summed E-state index contributed by atoms with van der Waals surface area (Å²) in [6.07, 6.45) is 16.1. The van der Waals surface area contributed by atoms with Crippen molar-refractivity contribution in [1.82, 2.24) is 0 Å². The molecular formula is C16H20O. The zero-order valence-corrected chi connectivity index (χ0v) is 10.5. The number of ketones is 1. The lowest BCUT2D eigenvalue weighted by atomic mass is 10.0. The lowest BCUT2D eigenvalue weighted by molar-refractivity contribution is -0.119. The summed E-state index contributed by atoms with van der Waals surface area (Å²) in [5.74, 6) is 0.406. The van der Waals surface area contributed by atoms with Gasteiger partial charge in [-0.25, -0.2) is 0 Å². The van der Waals surface area contributed by atoms with E-state index in [1.54, 1.807) is 0 Å². The Morgan fingerprint density at radius 1 is 1.12 bits per heavy atom. The van der Waals surface area contributed by atoms with Gasteiger partial charge < -0.3 is 0 Å². The van der Waals surface area contributed by atoms with Gasteiger partial charge in [-0.15, -0.1) is 0 Å². The Kier molecular flexibility index (Phi) is 4.13. The van der Waals surface area contributed by atoms with Gasteiger partial charge in [0.1, 0.15) is 5.78 Å². The van der Waals surface area contributed by atoms with E-state index < -0.39 is 0 Å². The van der Waals surface area contributed by atoms with Gasteiger partial charge in [0.15, 0.2) is 0 Å². The summed E-state index contributed by atoms with van der Waals surface area (Å²) >= 11 is 0. The third kappa shape index (κ3) is 3.85. The largest absolute Gasteiger partial charge is 0.300 e. The van der Waals surface area contributed by atoms with E-state index in [4.69, 9.17) is 0 Å². The van der Waals surface area contributed by atoms with Crippen LogP contribution in [0.1, 0.15) is 45.4 Å². The number of carbonyl (C=O) groups is 1. The van der Waals surface area contributed by atoms with Crippen LogP contribution in [-0.4, -0.2) is 5.78 Å². The maximum atomic E-state index is 11.7.